The lowest BCUT2D eigenvalue weighted by molar-refractivity contribution is -0.137. The Morgan fingerprint density at radius 2 is 2.16 bits per heavy atom. The molecule has 1 aromatic rings. The highest BCUT2D eigenvalue weighted by atomic mass is 35.5. The van der Waals surface area contributed by atoms with Gasteiger partial charge in [0.05, 0.1) is 5.02 Å². The molecule has 5 nitrogen and oxygen atoms in total. The maximum atomic E-state index is 12.2. The van der Waals surface area contributed by atoms with Gasteiger partial charge in [-0.3, -0.25) is 9.59 Å². The zero-order valence-corrected chi connectivity index (χ0v) is 12.0. The quantitative estimate of drug-likeness (QED) is 0.837. The van der Waals surface area contributed by atoms with Gasteiger partial charge in [-0.05, 0) is 18.9 Å². The van der Waals surface area contributed by atoms with Crippen LogP contribution in [0.3, 0.4) is 0 Å². The number of hydrogen-bond donors (Lipinski definition) is 1. The van der Waals surface area contributed by atoms with Crippen molar-refractivity contribution in [1.82, 2.24) is 9.47 Å². The minimum absolute atomic E-state index is 0.0638. The highest BCUT2D eigenvalue weighted by Crippen LogP contribution is 2.16. The molecule has 0 spiro atoms. The standard InChI is InChI=1S/C13H19ClN2O3/c1-3-6-16-9-10(14)8-11(16)13(19)15(2)7-4-5-12(17)18/h8-9H,3-7H2,1-2H3,(H,17,18). The van der Waals surface area contributed by atoms with Gasteiger partial charge in [0.15, 0.2) is 0 Å². The van der Waals surface area contributed by atoms with Crippen molar-refractivity contribution in [2.24, 2.45) is 0 Å². The van der Waals surface area contributed by atoms with Crippen molar-refractivity contribution in [3.63, 3.8) is 0 Å². The lowest BCUT2D eigenvalue weighted by atomic mass is 10.3. The smallest absolute Gasteiger partial charge is 0.303 e. The van der Waals surface area contributed by atoms with E-state index in [0.29, 0.717) is 23.7 Å². The van der Waals surface area contributed by atoms with Gasteiger partial charge in [0.2, 0.25) is 0 Å². The van der Waals surface area contributed by atoms with Gasteiger partial charge in [0, 0.05) is 32.8 Å². The predicted octanol–water partition coefficient (Wildman–Crippen LogP) is 2.49. The molecule has 1 rings (SSSR count). The van der Waals surface area contributed by atoms with Gasteiger partial charge in [-0.25, -0.2) is 0 Å². The second-order valence-electron chi connectivity index (χ2n) is 4.46. The summed E-state index contributed by atoms with van der Waals surface area (Å²) in [5.74, 6) is -0.982. The molecule has 1 heterocycles. The van der Waals surface area contributed by atoms with Gasteiger partial charge in [-0.2, -0.15) is 0 Å². The molecule has 0 bridgehead atoms. The number of aromatic nitrogens is 1. The number of nitrogens with zero attached hydrogens (tertiary/aromatic N) is 2. The van der Waals surface area contributed by atoms with E-state index < -0.39 is 5.97 Å². The Labute approximate surface area is 117 Å². The van der Waals surface area contributed by atoms with Crippen molar-refractivity contribution in [3.8, 4) is 0 Å². The van der Waals surface area contributed by atoms with Gasteiger partial charge >= 0.3 is 5.97 Å². The second kappa shape index (κ2) is 7.19. The van der Waals surface area contributed by atoms with E-state index in [1.807, 2.05) is 11.5 Å². The summed E-state index contributed by atoms with van der Waals surface area (Å²) in [5.41, 5.74) is 0.546. The van der Waals surface area contributed by atoms with E-state index in [2.05, 4.69) is 0 Å². The number of aryl methyl sites for hydroxylation is 1. The molecule has 0 saturated heterocycles. The van der Waals surface area contributed by atoms with E-state index in [1.54, 1.807) is 19.3 Å². The van der Waals surface area contributed by atoms with Crippen LogP contribution in [0.1, 0.15) is 36.7 Å². The van der Waals surface area contributed by atoms with Crippen LogP contribution in [0.5, 0.6) is 0 Å². The van der Waals surface area contributed by atoms with Crippen LogP contribution in [0.4, 0.5) is 0 Å². The van der Waals surface area contributed by atoms with Crippen LogP contribution >= 0.6 is 11.6 Å². The van der Waals surface area contributed by atoms with Crippen molar-refractivity contribution in [1.29, 1.82) is 0 Å². The number of rotatable bonds is 7. The first-order valence-corrected chi connectivity index (χ1v) is 6.66. The Balaban J connectivity index is 2.68. The molecule has 0 fully saturated rings. The SMILES string of the molecule is CCCn1cc(Cl)cc1C(=O)N(C)CCCC(=O)O. The van der Waals surface area contributed by atoms with Crippen molar-refractivity contribution in [3.05, 3.63) is 23.0 Å². The van der Waals surface area contributed by atoms with Gasteiger partial charge in [0.25, 0.3) is 5.91 Å². The largest absolute Gasteiger partial charge is 0.481 e. The van der Waals surface area contributed by atoms with Crippen LogP contribution < -0.4 is 0 Å². The minimum atomic E-state index is -0.849. The molecule has 0 aliphatic rings. The number of halogens is 1. The summed E-state index contributed by atoms with van der Waals surface area (Å²) >= 11 is 5.93. The number of carboxylic acid groups (broad SMARTS) is 1. The lowest BCUT2D eigenvalue weighted by Gasteiger charge is -2.17. The third kappa shape index (κ3) is 4.59. The zero-order valence-electron chi connectivity index (χ0n) is 11.2. The summed E-state index contributed by atoms with van der Waals surface area (Å²) in [6, 6.07) is 1.65. The monoisotopic (exact) mass is 286 g/mol. The molecule has 0 saturated carbocycles. The first-order chi connectivity index (χ1) is 8.95. The first kappa shape index (κ1) is 15.6. The first-order valence-electron chi connectivity index (χ1n) is 6.28. The molecule has 106 valence electrons. The van der Waals surface area contributed by atoms with E-state index in [9.17, 15) is 9.59 Å². The Kier molecular flexibility index (Phi) is 5.89. The highest BCUT2D eigenvalue weighted by Gasteiger charge is 2.17. The lowest BCUT2D eigenvalue weighted by Crippen LogP contribution is -2.29. The van der Waals surface area contributed by atoms with Crippen LogP contribution in [0.2, 0.25) is 5.02 Å². The minimum Gasteiger partial charge on any atom is -0.481 e. The summed E-state index contributed by atoms with van der Waals surface area (Å²) in [5, 5.41) is 9.11. The molecule has 0 unspecified atom stereocenters. The van der Waals surface area contributed by atoms with E-state index in [0.717, 1.165) is 13.0 Å². The highest BCUT2D eigenvalue weighted by molar-refractivity contribution is 6.31. The summed E-state index contributed by atoms with van der Waals surface area (Å²) in [6.07, 6.45) is 3.16. The summed E-state index contributed by atoms with van der Waals surface area (Å²) in [6.45, 7) is 3.18. The molecule has 0 aliphatic carbocycles. The molecule has 0 atom stereocenters. The number of aliphatic carboxylic acids is 1. The van der Waals surface area contributed by atoms with E-state index in [1.165, 1.54) is 4.90 Å². The van der Waals surface area contributed by atoms with E-state index in [-0.39, 0.29) is 12.3 Å². The molecule has 1 amide bonds. The Hall–Kier alpha value is -1.49. The average Bonchev–Trinajstić information content (AvgIpc) is 2.69. The maximum Gasteiger partial charge on any atom is 0.303 e. The van der Waals surface area contributed by atoms with Crippen LogP contribution in [-0.2, 0) is 11.3 Å². The molecular weight excluding hydrogens is 268 g/mol. The van der Waals surface area contributed by atoms with E-state index in [4.69, 9.17) is 16.7 Å². The molecular formula is C13H19ClN2O3. The molecule has 0 aliphatic heterocycles. The Bertz CT molecular complexity index is 457. The van der Waals surface area contributed by atoms with Gasteiger partial charge < -0.3 is 14.6 Å². The predicted molar refractivity (Wildman–Crippen MR) is 73.6 cm³/mol. The third-order valence-corrected chi connectivity index (χ3v) is 2.98. The summed E-state index contributed by atoms with van der Waals surface area (Å²) in [4.78, 5) is 24.2. The Morgan fingerprint density at radius 1 is 1.47 bits per heavy atom. The number of carbonyl (C=O) groups excluding carboxylic acids is 1. The van der Waals surface area contributed by atoms with Gasteiger partial charge in [-0.1, -0.05) is 18.5 Å². The molecule has 6 heteroatoms. The van der Waals surface area contributed by atoms with Crippen molar-refractivity contribution in [2.75, 3.05) is 13.6 Å². The fourth-order valence-corrected chi connectivity index (χ4v) is 2.07. The van der Waals surface area contributed by atoms with Crippen LogP contribution in [0, 0.1) is 0 Å². The Morgan fingerprint density at radius 3 is 2.74 bits per heavy atom. The maximum absolute atomic E-state index is 12.2. The number of amides is 1. The van der Waals surface area contributed by atoms with Crippen molar-refractivity contribution < 1.29 is 14.7 Å². The molecule has 19 heavy (non-hydrogen) atoms. The van der Waals surface area contributed by atoms with Gasteiger partial charge in [-0.15, -0.1) is 0 Å². The third-order valence-electron chi connectivity index (χ3n) is 2.78. The fourth-order valence-electron chi connectivity index (χ4n) is 1.84. The number of carboxylic acids is 1. The van der Waals surface area contributed by atoms with Crippen molar-refractivity contribution >= 4 is 23.5 Å². The van der Waals surface area contributed by atoms with Crippen LogP contribution in [0.25, 0.3) is 0 Å². The normalized spacial score (nSPS) is 10.5. The van der Waals surface area contributed by atoms with E-state index >= 15 is 0 Å². The zero-order chi connectivity index (χ0) is 14.4. The molecule has 1 N–H and O–H groups in total. The number of carbonyl (C=O) groups is 2. The fraction of sp³-hybridized carbons (Fsp3) is 0.538. The number of hydrogen-bond acceptors (Lipinski definition) is 2. The molecule has 0 aromatic carbocycles. The van der Waals surface area contributed by atoms with Crippen LogP contribution in [0.15, 0.2) is 12.3 Å². The van der Waals surface area contributed by atoms with Gasteiger partial charge in [0.1, 0.15) is 5.69 Å². The molecule has 0 radical (unpaired) electrons. The molecule has 1 aromatic heterocycles. The summed E-state index contributed by atoms with van der Waals surface area (Å²) < 4.78 is 1.83. The summed E-state index contributed by atoms with van der Waals surface area (Å²) in [7, 11) is 1.67. The van der Waals surface area contributed by atoms with Crippen LogP contribution in [-0.4, -0.2) is 40.0 Å². The topological polar surface area (TPSA) is 62.5 Å². The van der Waals surface area contributed by atoms with Crippen molar-refractivity contribution in [2.45, 2.75) is 32.7 Å². The average molecular weight is 287 g/mol. The second-order valence-corrected chi connectivity index (χ2v) is 4.90.